The van der Waals surface area contributed by atoms with Crippen molar-refractivity contribution in [1.29, 1.82) is 0 Å². The van der Waals surface area contributed by atoms with Gasteiger partial charge in [0.2, 0.25) is 5.91 Å². The number of hydrogen-bond acceptors (Lipinski definition) is 6. The number of fused-ring (bicyclic) bond motifs is 1. The number of halogens is 1. The second kappa shape index (κ2) is 6.63. The number of aromatic nitrogens is 2. The first-order valence-corrected chi connectivity index (χ1v) is 8.97. The average Bonchev–Trinajstić information content (AvgIpc) is 3.34. The number of carbonyl (C=O) groups excluding carboxylic acids is 1. The fourth-order valence-corrected chi connectivity index (χ4v) is 3.47. The molecule has 3 heterocycles. The minimum Gasteiger partial charge on any atom is -0.486 e. The van der Waals surface area contributed by atoms with Crippen LogP contribution in [0, 0.1) is 5.82 Å². The Bertz CT molecular complexity index is 1050. The monoisotopic (exact) mass is 381 g/mol. The number of rotatable bonds is 3. The molecule has 0 spiro atoms. The minimum absolute atomic E-state index is 0.0289. The lowest BCUT2D eigenvalue weighted by atomic mass is 10.1. The molecule has 0 bridgehead atoms. The van der Waals surface area contributed by atoms with Gasteiger partial charge in [0.05, 0.1) is 0 Å². The van der Waals surface area contributed by atoms with Crippen molar-refractivity contribution in [2.24, 2.45) is 0 Å². The number of hydrogen-bond donors (Lipinski definition) is 0. The molecule has 5 rings (SSSR count). The average molecular weight is 381 g/mol. The molecule has 1 atom stereocenters. The highest BCUT2D eigenvalue weighted by Gasteiger charge is 2.35. The Labute approximate surface area is 159 Å². The Kier molecular flexibility index (Phi) is 3.96. The molecule has 2 aromatic carbocycles. The van der Waals surface area contributed by atoms with Gasteiger partial charge in [0.15, 0.2) is 17.3 Å². The number of benzene rings is 2. The van der Waals surface area contributed by atoms with E-state index >= 15 is 0 Å². The molecule has 2 aliphatic rings. The second-order valence-electron chi connectivity index (χ2n) is 6.70. The van der Waals surface area contributed by atoms with Gasteiger partial charge in [-0.2, -0.15) is 4.98 Å². The van der Waals surface area contributed by atoms with Crippen molar-refractivity contribution in [3.05, 3.63) is 54.1 Å². The molecule has 1 saturated heterocycles. The summed E-state index contributed by atoms with van der Waals surface area (Å²) in [7, 11) is 0. The zero-order valence-corrected chi connectivity index (χ0v) is 14.8. The molecule has 1 amide bonds. The molecule has 1 fully saturated rings. The van der Waals surface area contributed by atoms with E-state index in [1.165, 1.54) is 12.1 Å². The van der Waals surface area contributed by atoms with E-state index in [0.717, 1.165) is 5.69 Å². The van der Waals surface area contributed by atoms with Gasteiger partial charge in [-0.3, -0.25) is 4.79 Å². The van der Waals surface area contributed by atoms with E-state index < -0.39 is 0 Å². The van der Waals surface area contributed by atoms with Crippen molar-refractivity contribution < 1.29 is 23.2 Å². The quantitative estimate of drug-likeness (QED) is 0.694. The Hall–Kier alpha value is -3.42. The topological polar surface area (TPSA) is 77.7 Å². The molecule has 2 aliphatic heterocycles. The van der Waals surface area contributed by atoms with E-state index in [0.29, 0.717) is 42.6 Å². The van der Waals surface area contributed by atoms with Crippen LogP contribution in [0.4, 0.5) is 10.1 Å². The van der Waals surface area contributed by atoms with Crippen molar-refractivity contribution in [1.82, 2.24) is 10.1 Å². The predicted molar refractivity (Wildman–Crippen MR) is 96.8 cm³/mol. The molecular weight excluding hydrogens is 365 g/mol. The molecule has 1 aromatic heterocycles. The van der Waals surface area contributed by atoms with Crippen LogP contribution in [-0.2, 0) is 4.79 Å². The first kappa shape index (κ1) is 16.7. The van der Waals surface area contributed by atoms with Crippen molar-refractivity contribution >= 4 is 11.6 Å². The smallest absolute Gasteiger partial charge is 0.258 e. The van der Waals surface area contributed by atoms with Gasteiger partial charge in [-0.1, -0.05) is 11.2 Å². The van der Waals surface area contributed by atoms with Gasteiger partial charge in [0, 0.05) is 36.2 Å². The number of anilines is 1. The van der Waals surface area contributed by atoms with Crippen LogP contribution in [0.25, 0.3) is 11.5 Å². The summed E-state index contributed by atoms with van der Waals surface area (Å²) in [6, 6.07) is 11.4. The summed E-state index contributed by atoms with van der Waals surface area (Å²) in [6.45, 7) is 1.43. The second-order valence-corrected chi connectivity index (χ2v) is 6.70. The van der Waals surface area contributed by atoms with Gasteiger partial charge in [-0.15, -0.1) is 0 Å². The summed E-state index contributed by atoms with van der Waals surface area (Å²) < 4.78 is 29.8. The van der Waals surface area contributed by atoms with E-state index in [2.05, 4.69) is 10.1 Å². The van der Waals surface area contributed by atoms with Crippen molar-refractivity contribution in [2.75, 3.05) is 24.7 Å². The highest BCUT2D eigenvalue weighted by atomic mass is 19.1. The van der Waals surface area contributed by atoms with Crippen molar-refractivity contribution in [3.8, 4) is 23.0 Å². The van der Waals surface area contributed by atoms with E-state index in [-0.39, 0.29) is 30.0 Å². The van der Waals surface area contributed by atoms with E-state index in [1.807, 2.05) is 12.1 Å². The standard InChI is InChI=1S/C20H16FN3O4/c21-14-3-1-2-12(8-14)20-22-19(23-28-20)13-9-18(25)24(11-13)15-4-5-16-17(10-15)27-7-6-26-16/h1-5,8,10,13H,6-7,9,11H2. The predicted octanol–water partition coefficient (Wildman–Crippen LogP) is 3.17. The lowest BCUT2D eigenvalue weighted by molar-refractivity contribution is -0.117. The number of ether oxygens (including phenoxy) is 2. The Morgan fingerprint density at radius 3 is 2.79 bits per heavy atom. The molecule has 0 saturated carbocycles. The normalized spacial score (nSPS) is 18.5. The lowest BCUT2D eigenvalue weighted by Gasteiger charge is -2.22. The maximum absolute atomic E-state index is 13.4. The van der Waals surface area contributed by atoms with Crippen molar-refractivity contribution in [3.63, 3.8) is 0 Å². The molecule has 7 nitrogen and oxygen atoms in total. The third-order valence-corrected chi connectivity index (χ3v) is 4.84. The highest BCUT2D eigenvalue weighted by Crippen LogP contribution is 2.37. The van der Waals surface area contributed by atoms with Crippen LogP contribution in [0.15, 0.2) is 47.0 Å². The zero-order chi connectivity index (χ0) is 19.1. The van der Waals surface area contributed by atoms with Gasteiger partial charge in [0.1, 0.15) is 19.0 Å². The largest absolute Gasteiger partial charge is 0.486 e. The Morgan fingerprint density at radius 2 is 1.93 bits per heavy atom. The maximum atomic E-state index is 13.4. The molecule has 0 N–H and O–H groups in total. The van der Waals surface area contributed by atoms with Crippen LogP contribution >= 0.6 is 0 Å². The van der Waals surface area contributed by atoms with E-state index in [4.69, 9.17) is 14.0 Å². The lowest BCUT2D eigenvalue weighted by Crippen LogP contribution is -2.25. The fourth-order valence-electron chi connectivity index (χ4n) is 3.47. The summed E-state index contributed by atoms with van der Waals surface area (Å²) in [5.41, 5.74) is 1.25. The number of nitrogens with zero attached hydrogens (tertiary/aromatic N) is 3. The van der Waals surface area contributed by atoms with Crippen LogP contribution in [0.2, 0.25) is 0 Å². The first-order chi connectivity index (χ1) is 13.7. The van der Waals surface area contributed by atoms with Gasteiger partial charge in [-0.05, 0) is 30.3 Å². The first-order valence-electron chi connectivity index (χ1n) is 8.97. The molecular formula is C20H16FN3O4. The van der Waals surface area contributed by atoms with Crippen LogP contribution in [-0.4, -0.2) is 35.8 Å². The van der Waals surface area contributed by atoms with E-state index in [9.17, 15) is 9.18 Å². The van der Waals surface area contributed by atoms with Gasteiger partial charge in [-0.25, -0.2) is 4.39 Å². The number of amides is 1. The third-order valence-electron chi connectivity index (χ3n) is 4.84. The van der Waals surface area contributed by atoms with Crippen molar-refractivity contribution in [2.45, 2.75) is 12.3 Å². The van der Waals surface area contributed by atoms with Gasteiger partial charge >= 0.3 is 0 Å². The van der Waals surface area contributed by atoms with Crippen LogP contribution in [0.1, 0.15) is 18.2 Å². The molecule has 3 aromatic rings. The zero-order valence-electron chi connectivity index (χ0n) is 14.8. The van der Waals surface area contributed by atoms with Gasteiger partial charge in [0.25, 0.3) is 5.89 Å². The molecule has 1 unspecified atom stereocenters. The van der Waals surface area contributed by atoms with Crippen LogP contribution in [0.5, 0.6) is 11.5 Å². The maximum Gasteiger partial charge on any atom is 0.258 e. The fraction of sp³-hybridized carbons (Fsp3) is 0.250. The molecule has 0 radical (unpaired) electrons. The van der Waals surface area contributed by atoms with Crippen LogP contribution in [0.3, 0.4) is 0 Å². The third kappa shape index (κ3) is 2.96. The molecule has 8 heteroatoms. The Balaban J connectivity index is 1.37. The summed E-state index contributed by atoms with van der Waals surface area (Å²) in [4.78, 5) is 18.6. The summed E-state index contributed by atoms with van der Waals surface area (Å²) in [6.07, 6.45) is 0.274. The van der Waals surface area contributed by atoms with E-state index in [1.54, 1.807) is 23.1 Å². The molecule has 142 valence electrons. The summed E-state index contributed by atoms with van der Waals surface area (Å²) in [5.74, 6) is 1.38. The SMILES string of the molecule is O=C1CC(c2noc(-c3cccc(F)c3)n2)CN1c1ccc2c(c1)OCCO2. The van der Waals surface area contributed by atoms with Crippen LogP contribution < -0.4 is 14.4 Å². The molecule has 28 heavy (non-hydrogen) atoms. The summed E-state index contributed by atoms with van der Waals surface area (Å²) in [5, 5.41) is 4.00. The highest BCUT2D eigenvalue weighted by molar-refractivity contribution is 5.96. The number of carbonyl (C=O) groups is 1. The minimum atomic E-state index is -0.377. The summed E-state index contributed by atoms with van der Waals surface area (Å²) >= 11 is 0. The molecule has 0 aliphatic carbocycles. The Morgan fingerprint density at radius 1 is 1.07 bits per heavy atom. The van der Waals surface area contributed by atoms with Gasteiger partial charge < -0.3 is 18.9 Å².